The summed E-state index contributed by atoms with van der Waals surface area (Å²) in [6.07, 6.45) is 4.41. The van der Waals surface area contributed by atoms with Gasteiger partial charge in [-0.15, -0.1) is 0 Å². The van der Waals surface area contributed by atoms with E-state index in [1.807, 2.05) is 18.0 Å². The molecule has 0 bridgehead atoms. The van der Waals surface area contributed by atoms with Gasteiger partial charge < -0.3 is 35.1 Å². The van der Waals surface area contributed by atoms with Crippen LogP contribution in [0.2, 0.25) is 0 Å². The summed E-state index contributed by atoms with van der Waals surface area (Å²) < 4.78 is 17.0. The number of hydrogen-bond acceptors (Lipinski definition) is 6. The van der Waals surface area contributed by atoms with Crippen LogP contribution < -0.4 is 16.0 Å². The molecular formula is C27H44N4O5. The lowest BCUT2D eigenvalue weighted by Gasteiger charge is -2.38. The van der Waals surface area contributed by atoms with Crippen molar-refractivity contribution in [3.8, 4) is 0 Å². The van der Waals surface area contributed by atoms with Gasteiger partial charge in [-0.05, 0) is 57.6 Å². The number of hydrogen-bond donors (Lipinski definition) is 3. The molecule has 4 atom stereocenters. The Kier molecular flexibility index (Phi) is 11.8. The molecule has 36 heavy (non-hydrogen) atoms. The lowest BCUT2D eigenvalue weighted by atomic mass is 9.88. The van der Waals surface area contributed by atoms with Gasteiger partial charge in [0.2, 0.25) is 0 Å². The van der Waals surface area contributed by atoms with E-state index in [0.717, 1.165) is 69.5 Å². The second-order valence-electron chi connectivity index (χ2n) is 9.96. The van der Waals surface area contributed by atoms with Gasteiger partial charge >= 0.3 is 12.1 Å². The fourth-order valence-electron chi connectivity index (χ4n) is 5.28. The first-order chi connectivity index (χ1) is 17.5. The summed E-state index contributed by atoms with van der Waals surface area (Å²) in [6.45, 7) is 6.26. The SMILES string of the molecule is CNC[C@H](CC1CCCOC1)NC(=O)N1CCC[C@@H](C(OCCOC(=O)NC)c2cccc(C)c2)C1. The van der Waals surface area contributed by atoms with Crippen molar-refractivity contribution in [1.82, 2.24) is 20.9 Å². The first-order valence-electron chi connectivity index (χ1n) is 13.3. The van der Waals surface area contributed by atoms with Crippen LogP contribution in [0.4, 0.5) is 9.59 Å². The van der Waals surface area contributed by atoms with Crippen LogP contribution in [0.3, 0.4) is 0 Å². The first-order valence-corrected chi connectivity index (χ1v) is 13.3. The summed E-state index contributed by atoms with van der Waals surface area (Å²) in [7, 11) is 3.45. The van der Waals surface area contributed by atoms with Crippen molar-refractivity contribution in [2.75, 3.05) is 60.2 Å². The highest BCUT2D eigenvalue weighted by Crippen LogP contribution is 2.33. The molecule has 2 saturated heterocycles. The van der Waals surface area contributed by atoms with E-state index in [1.165, 1.54) is 7.05 Å². The van der Waals surface area contributed by atoms with Gasteiger partial charge in [0.05, 0.1) is 12.7 Å². The highest BCUT2D eigenvalue weighted by molar-refractivity contribution is 5.74. The Bertz CT molecular complexity index is 817. The van der Waals surface area contributed by atoms with Crippen LogP contribution in [-0.2, 0) is 14.2 Å². The molecule has 0 radical (unpaired) electrons. The minimum Gasteiger partial charge on any atom is -0.447 e. The highest BCUT2D eigenvalue weighted by Gasteiger charge is 2.32. The third-order valence-corrected chi connectivity index (χ3v) is 7.01. The minimum atomic E-state index is -0.470. The number of likely N-dealkylation sites (N-methyl/N-ethyl adjacent to an activating group) is 1. The number of carbonyl (C=O) groups is 2. The molecule has 0 aliphatic carbocycles. The van der Waals surface area contributed by atoms with Gasteiger partial charge in [0.15, 0.2) is 0 Å². The number of nitrogens with one attached hydrogen (secondary N) is 3. The number of urea groups is 1. The predicted octanol–water partition coefficient (Wildman–Crippen LogP) is 3.24. The molecule has 202 valence electrons. The summed E-state index contributed by atoms with van der Waals surface area (Å²) in [5.41, 5.74) is 2.25. The standard InChI is InChI=1S/C27H44N4O5/c1-20-7-4-9-22(15-20)25(35-13-14-36-27(33)29-3)23-10-5-11-31(18-23)26(32)30-24(17-28-2)16-21-8-6-12-34-19-21/h4,7,9,15,21,23-25,28H,5-6,8,10-14,16-19H2,1-3H3,(H,29,33)(H,30,32)/t21?,23-,24+,25?/m1/s1. The number of amides is 3. The number of aryl methyl sites for hydroxylation is 1. The fraction of sp³-hybridized carbons (Fsp3) is 0.704. The normalized spacial score (nSPS) is 21.9. The van der Waals surface area contributed by atoms with Crippen LogP contribution in [0.1, 0.15) is 49.3 Å². The van der Waals surface area contributed by atoms with Crippen LogP contribution in [0.25, 0.3) is 0 Å². The molecule has 2 heterocycles. The predicted molar refractivity (Wildman–Crippen MR) is 139 cm³/mol. The van der Waals surface area contributed by atoms with Gasteiger partial charge in [-0.1, -0.05) is 29.8 Å². The van der Waals surface area contributed by atoms with E-state index in [-0.39, 0.29) is 30.7 Å². The number of rotatable bonds is 11. The molecule has 2 unspecified atom stereocenters. The van der Waals surface area contributed by atoms with E-state index in [9.17, 15) is 9.59 Å². The number of likely N-dealkylation sites (tertiary alicyclic amines) is 1. The lowest BCUT2D eigenvalue weighted by Crippen LogP contribution is -2.52. The van der Waals surface area contributed by atoms with Crippen molar-refractivity contribution in [2.24, 2.45) is 11.8 Å². The molecule has 2 fully saturated rings. The molecule has 3 rings (SSSR count). The van der Waals surface area contributed by atoms with Gasteiger partial charge in [0.1, 0.15) is 6.61 Å². The van der Waals surface area contributed by atoms with E-state index < -0.39 is 6.09 Å². The van der Waals surface area contributed by atoms with Gasteiger partial charge in [0.25, 0.3) is 0 Å². The molecule has 1 aromatic rings. The maximum Gasteiger partial charge on any atom is 0.406 e. The maximum absolute atomic E-state index is 13.3. The molecule has 2 aliphatic rings. The van der Waals surface area contributed by atoms with Crippen LogP contribution in [0, 0.1) is 18.8 Å². The minimum absolute atomic E-state index is 0.0115. The topological polar surface area (TPSA) is 101 Å². The Balaban J connectivity index is 1.62. The zero-order valence-corrected chi connectivity index (χ0v) is 22.1. The number of alkyl carbamates (subject to hydrolysis) is 1. The number of piperidine rings is 1. The van der Waals surface area contributed by atoms with Crippen LogP contribution in [0.5, 0.6) is 0 Å². The maximum atomic E-state index is 13.3. The van der Waals surface area contributed by atoms with Crippen molar-refractivity contribution in [3.05, 3.63) is 35.4 Å². The Morgan fingerprint density at radius 2 is 2.06 bits per heavy atom. The molecule has 1 aromatic carbocycles. The van der Waals surface area contributed by atoms with Gasteiger partial charge in [-0.2, -0.15) is 0 Å². The molecule has 3 N–H and O–H groups in total. The van der Waals surface area contributed by atoms with Crippen molar-refractivity contribution in [1.29, 1.82) is 0 Å². The fourth-order valence-corrected chi connectivity index (χ4v) is 5.28. The van der Waals surface area contributed by atoms with E-state index in [1.54, 1.807) is 0 Å². The Morgan fingerprint density at radius 3 is 2.78 bits per heavy atom. The monoisotopic (exact) mass is 504 g/mol. The third kappa shape index (κ3) is 8.94. The summed E-state index contributed by atoms with van der Waals surface area (Å²) in [5.74, 6) is 0.642. The zero-order chi connectivity index (χ0) is 25.8. The average molecular weight is 505 g/mol. The zero-order valence-electron chi connectivity index (χ0n) is 22.1. The smallest absolute Gasteiger partial charge is 0.406 e. The molecular weight excluding hydrogens is 460 g/mol. The van der Waals surface area contributed by atoms with Crippen molar-refractivity contribution in [2.45, 2.75) is 51.2 Å². The first kappa shape index (κ1) is 28.2. The van der Waals surface area contributed by atoms with E-state index in [0.29, 0.717) is 19.1 Å². The Morgan fingerprint density at radius 1 is 1.19 bits per heavy atom. The molecule has 0 aromatic heterocycles. The molecule has 3 amide bonds. The van der Waals surface area contributed by atoms with Crippen LogP contribution >= 0.6 is 0 Å². The summed E-state index contributed by atoms with van der Waals surface area (Å²) in [4.78, 5) is 26.6. The van der Waals surface area contributed by atoms with E-state index >= 15 is 0 Å². The lowest BCUT2D eigenvalue weighted by molar-refractivity contribution is -0.0263. The Labute approximate surface area is 215 Å². The van der Waals surface area contributed by atoms with Crippen molar-refractivity contribution < 1.29 is 23.8 Å². The summed E-state index contributed by atoms with van der Waals surface area (Å²) >= 11 is 0. The number of ether oxygens (including phenoxy) is 3. The molecule has 9 nitrogen and oxygen atoms in total. The number of carbonyl (C=O) groups excluding carboxylic acids is 2. The number of benzene rings is 1. The van der Waals surface area contributed by atoms with Crippen molar-refractivity contribution >= 4 is 12.1 Å². The second kappa shape index (κ2) is 15.0. The second-order valence-corrected chi connectivity index (χ2v) is 9.96. The third-order valence-electron chi connectivity index (χ3n) is 7.01. The quantitative estimate of drug-likeness (QED) is 0.400. The van der Waals surface area contributed by atoms with Gasteiger partial charge in [-0.3, -0.25) is 0 Å². The van der Waals surface area contributed by atoms with Crippen molar-refractivity contribution in [3.63, 3.8) is 0 Å². The van der Waals surface area contributed by atoms with Crippen LogP contribution in [0.15, 0.2) is 24.3 Å². The molecule has 0 saturated carbocycles. The van der Waals surface area contributed by atoms with Gasteiger partial charge in [-0.25, -0.2) is 9.59 Å². The van der Waals surface area contributed by atoms with Crippen LogP contribution in [-0.4, -0.2) is 83.2 Å². The van der Waals surface area contributed by atoms with Gasteiger partial charge in [0, 0.05) is 51.9 Å². The summed E-state index contributed by atoms with van der Waals surface area (Å²) in [6, 6.07) is 8.37. The molecule has 9 heteroatoms. The van der Waals surface area contributed by atoms with E-state index in [4.69, 9.17) is 14.2 Å². The average Bonchev–Trinajstić information content (AvgIpc) is 2.89. The largest absolute Gasteiger partial charge is 0.447 e. The van der Waals surface area contributed by atoms with E-state index in [2.05, 4.69) is 41.1 Å². The Hall–Kier alpha value is -2.36. The molecule has 2 aliphatic heterocycles. The highest BCUT2D eigenvalue weighted by atomic mass is 16.6. The molecule has 0 spiro atoms. The number of nitrogens with zero attached hydrogens (tertiary/aromatic N) is 1. The summed E-state index contributed by atoms with van der Waals surface area (Å²) in [5, 5.41) is 8.95.